The monoisotopic (exact) mass is 441 g/mol. The van der Waals surface area contributed by atoms with E-state index in [4.69, 9.17) is 14.2 Å². The molecule has 1 atom stereocenters. The summed E-state index contributed by atoms with van der Waals surface area (Å²) in [7, 11) is 0. The van der Waals surface area contributed by atoms with Gasteiger partial charge in [-0.3, -0.25) is 4.79 Å². The van der Waals surface area contributed by atoms with Crippen LogP contribution in [-0.4, -0.2) is 47.4 Å². The van der Waals surface area contributed by atoms with Gasteiger partial charge in [-0.2, -0.15) is 0 Å². The molecule has 170 valence electrons. The summed E-state index contributed by atoms with van der Waals surface area (Å²) in [6.45, 7) is 12.7. The smallest absolute Gasteiger partial charge is 0.419 e. The van der Waals surface area contributed by atoms with Gasteiger partial charge in [-0.25, -0.2) is 14.5 Å². The van der Waals surface area contributed by atoms with Crippen LogP contribution in [-0.2, 0) is 19.0 Å². The summed E-state index contributed by atoms with van der Waals surface area (Å²) < 4.78 is 15.9. The molecule has 0 aliphatic rings. The standard InChI is InChI=1S/C22H35NO6S/c1-8-27-18(24)16(17-13-11-15-30-17)12-9-10-14-23(19(25)28-21(2,3)4)20(26)29-22(5,6)7/h11,13,15-16H,8-10,12,14H2,1-7H3. The second kappa shape index (κ2) is 11.3. The molecule has 1 rings (SSSR count). The van der Waals surface area contributed by atoms with Gasteiger partial charge >= 0.3 is 18.2 Å². The van der Waals surface area contributed by atoms with E-state index in [1.807, 2.05) is 17.5 Å². The third-order valence-electron chi connectivity index (χ3n) is 3.81. The van der Waals surface area contributed by atoms with Gasteiger partial charge in [0.2, 0.25) is 0 Å². The number of nitrogens with zero attached hydrogens (tertiary/aromatic N) is 1. The molecule has 0 saturated carbocycles. The molecule has 1 heterocycles. The van der Waals surface area contributed by atoms with Crippen molar-refractivity contribution >= 4 is 29.5 Å². The Bertz CT molecular complexity index is 659. The quantitative estimate of drug-likeness (QED) is 0.291. The van der Waals surface area contributed by atoms with Crippen LogP contribution in [0.25, 0.3) is 0 Å². The number of ether oxygens (including phenoxy) is 3. The average Bonchev–Trinajstić information content (AvgIpc) is 3.08. The summed E-state index contributed by atoms with van der Waals surface area (Å²) >= 11 is 1.51. The van der Waals surface area contributed by atoms with E-state index >= 15 is 0 Å². The van der Waals surface area contributed by atoms with E-state index in [9.17, 15) is 14.4 Å². The molecule has 0 aromatic carbocycles. The summed E-state index contributed by atoms with van der Waals surface area (Å²) in [6, 6.07) is 3.82. The van der Waals surface area contributed by atoms with Gasteiger partial charge in [0.15, 0.2) is 0 Å². The lowest BCUT2D eigenvalue weighted by Crippen LogP contribution is -2.44. The normalized spacial score (nSPS) is 12.8. The maximum atomic E-state index is 12.5. The van der Waals surface area contributed by atoms with E-state index in [-0.39, 0.29) is 18.4 Å². The van der Waals surface area contributed by atoms with E-state index in [0.29, 0.717) is 25.9 Å². The molecule has 30 heavy (non-hydrogen) atoms. The predicted octanol–water partition coefficient (Wildman–Crippen LogP) is 5.74. The fourth-order valence-electron chi connectivity index (χ4n) is 2.62. The maximum Gasteiger partial charge on any atom is 0.419 e. The van der Waals surface area contributed by atoms with Crippen molar-refractivity contribution in [3.8, 4) is 0 Å². The summed E-state index contributed by atoms with van der Waals surface area (Å²) in [4.78, 5) is 39.3. The number of carbonyl (C=O) groups is 3. The lowest BCUT2D eigenvalue weighted by atomic mass is 10.00. The first kappa shape index (κ1) is 25.9. The van der Waals surface area contributed by atoms with Gasteiger partial charge in [-0.15, -0.1) is 11.3 Å². The first-order chi connectivity index (χ1) is 13.8. The van der Waals surface area contributed by atoms with Gasteiger partial charge in [0.25, 0.3) is 0 Å². The molecular weight excluding hydrogens is 406 g/mol. The topological polar surface area (TPSA) is 82.1 Å². The Morgan fingerprint density at radius 2 is 1.57 bits per heavy atom. The molecule has 0 radical (unpaired) electrons. The zero-order chi connectivity index (χ0) is 22.9. The van der Waals surface area contributed by atoms with Crippen LogP contribution in [0, 0.1) is 0 Å². The number of rotatable bonds is 8. The minimum absolute atomic E-state index is 0.143. The second-order valence-electron chi connectivity index (χ2n) is 8.93. The number of hydrogen-bond acceptors (Lipinski definition) is 7. The Hall–Kier alpha value is -2.09. The largest absolute Gasteiger partial charge is 0.465 e. The number of amides is 2. The molecule has 0 aliphatic carbocycles. The van der Waals surface area contributed by atoms with Crippen LogP contribution in [0.4, 0.5) is 9.59 Å². The molecule has 1 aromatic rings. The molecule has 0 fully saturated rings. The van der Waals surface area contributed by atoms with Crippen LogP contribution in [0.1, 0.15) is 78.5 Å². The third-order valence-corrected chi connectivity index (χ3v) is 4.80. The maximum absolute atomic E-state index is 12.5. The van der Waals surface area contributed by atoms with Crippen molar-refractivity contribution in [2.45, 2.75) is 84.8 Å². The first-order valence-electron chi connectivity index (χ1n) is 10.3. The van der Waals surface area contributed by atoms with Crippen molar-refractivity contribution in [1.29, 1.82) is 0 Å². The summed E-state index contributed by atoms with van der Waals surface area (Å²) in [6.07, 6.45) is 0.230. The number of esters is 1. The van der Waals surface area contributed by atoms with Crippen LogP contribution < -0.4 is 0 Å². The van der Waals surface area contributed by atoms with Gasteiger partial charge in [0.1, 0.15) is 11.2 Å². The molecule has 1 unspecified atom stereocenters. The summed E-state index contributed by atoms with van der Waals surface area (Å²) in [5.41, 5.74) is -1.46. The minimum Gasteiger partial charge on any atom is -0.465 e. The summed E-state index contributed by atoms with van der Waals surface area (Å²) in [5, 5.41) is 1.92. The highest BCUT2D eigenvalue weighted by molar-refractivity contribution is 7.10. The minimum atomic E-state index is -0.739. The van der Waals surface area contributed by atoms with Crippen molar-refractivity contribution in [2.75, 3.05) is 13.2 Å². The van der Waals surface area contributed by atoms with Crippen LogP contribution in [0.5, 0.6) is 0 Å². The molecule has 0 bridgehead atoms. The van der Waals surface area contributed by atoms with Gasteiger partial charge in [-0.05, 0) is 72.8 Å². The number of hydrogen-bond donors (Lipinski definition) is 0. The van der Waals surface area contributed by atoms with Crippen molar-refractivity contribution in [2.24, 2.45) is 0 Å². The van der Waals surface area contributed by atoms with Crippen LogP contribution in [0.2, 0.25) is 0 Å². The SMILES string of the molecule is CCOC(=O)C(CCCCN(C(=O)OC(C)(C)C)C(=O)OC(C)(C)C)c1cccs1. The highest BCUT2D eigenvalue weighted by atomic mass is 32.1. The third kappa shape index (κ3) is 9.61. The summed E-state index contributed by atoms with van der Waals surface area (Å²) in [5.74, 6) is -0.599. The molecule has 1 aromatic heterocycles. The van der Waals surface area contributed by atoms with Crippen LogP contribution in [0.3, 0.4) is 0 Å². The lowest BCUT2D eigenvalue weighted by Gasteiger charge is -2.28. The highest BCUT2D eigenvalue weighted by Crippen LogP contribution is 2.28. The number of imide groups is 1. The van der Waals surface area contributed by atoms with E-state index < -0.39 is 23.4 Å². The highest BCUT2D eigenvalue weighted by Gasteiger charge is 2.31. The Labute approximate surface area is 183 Å². The van der Waals surface area contributed by atoms with E-state index in [1.54, 1.807) is 48.5 Å². The van der Waals surface area contributed by atoms with Crippen molar-refractivity contribution in [3.63, 3.8) is 0 Å². The molecular formula is C22H35NO6S. The molecule has 0 aliphatic heterocycles. The van der Waals surface area contributed by atoms with E-state index in [2.05, 4.69) is 0 Å². The fraction of sp³-hybridized carbons (Fsp3) is 0.682. The number of unbranched alkanes of at least 4 members (excludes halogenated alkanes) is 1. The van der Waals surface area contributed by atoms with Gasteiger partial charge in [-0.1, -0.05) is 12.5 Å². The Kier molecular flexibility index (Phi) is 9.81. The fourth-order valence-corrected chi connectivity index (χ4v) is 3.47. The van der Waals surface area contributed by atoms with Crippen molar-refractivity contribution in [1.82, 2.24) is 4.90 Å². The van der Waals surface area contributed by atoms with Crippen LogP contribution >= 0.6 is 11.3 Å². The van der Waals surface area contributed by atoms with E-state index in [0.717, 1.165) is 9.78 Å². The Morgan fingerprint density at radius 3 is 2.00 bits per heavy atom. The number of thiophene rings is 1. The van der Waals surface area contributed by atoms with Gasteiger partial charge in [0.05, 0.1) is 12.5 Å². The zero-order valence-electron chi connectivity index (χ0n) is 19.1. The number of carbonyl (C=O) groups excluding carboxylic acids is 3. The Balaban J connectivity index is 2.76. The molecule has 7 nitrogen and oxygen atoms in total. The van der Waals surface area contributed by atoms with Crippen LogP contribution in [0.15, 0.2) is 17.5 Å². The van der Waals surface area contributed by atoms with Gasteiger partial charge < -0.3 is 14.2 Å². The van der Waals surface area contributed by atoms with Gasteiger partial charge in [0, 0.05) is 11.4 Å². The average molecular weight is 442 g/mol. The molecule has 0 spiro atoms. The Morgan fingerprint density at radius 1 is 1.00 bits per heavy atom. The lowest BCUT2D eigenvalue weighted by molar-refractivity contribution is -0.145. The van der Waals surface area contributed by atoms with E-state index in [1.165, 1.54) is 11.3 Å². The molecule has 2 amide bonds. The molecule has 0 saturated heterocycles. The van der Waals surface area contributed by atoms with Crippen molar-refractivity contribution in [3.05, 3.63) is 22.4 Å². The molecule has 0 N–H and O–H groups in total. The van der Waals surface area contributed by atoms with Crippen molar-refractivity contribution < 1.29 is 28.6 Å². The second-order valence-corrected chi connectivity index (χ2v) is 9.91. The zero-order valence-corrected chi connectivity index (χ0v) is 20.0. The predicted molar refractivity (Wildman–Crippen MR) is 117 cm³/mol. The first-order valence-corrected chi connectivity index (χ1v) is 11.2. The molecule has 8 heteroatoms.